The van der Waals surface area contributed by atoms with Gasteiger partial charge in [0, 0.05) is 35.7 Å². The minimum Gasteiger partial charge on any atom is -0.305 e. The zero-order chi connectivity index (χ0) is 24.4. The number of nitrogens with one attached hydrogen (secondary N) is 1. The van der Waals surface area contributed by atoms with Crippen molar-refractivity contribution in [2.45, 2.75) is 65.1 Å². The molecule has 33 heavy (non-hydrogen) atoms. The molecule has 0 saturated carbocycles. The van der Waals surface area contributed by atoms with Crippen LogP contribution >= 0.6 is 15.9 Å². The third-order valence-electron chi connectivity index (χ3n) is 5.30. The van der Waals surface area contributed by atoms with Gasteiger partial charge in [0.25, 0.3) is 5.56 Å². The van der Waals surface area contributed by atoms with Crippen molar-refractivity contribution in [2.75, 3.05) is 28.2 Å². The first-order chi connectivity index (χ1) is 15.7. The highest BCUT2D eigenvalue weighted by atomic mass is 79.9. The Morgan fingerprint density at radius 3 is 2.03 bits per heavy atom. The van der Waals surface area contributed by atoms with Crippen LogP contribution in [0.4, 0.5) is 0 Å². The molecule has 2 rings (SSSR count). The lowest BCUT2D eigenvalue weighted by Crippen LogP contribution is -2.31. The Bertz CT molecular complexity index is 1060. The summed E-state index contributed by atoms with van der Waals surface area (Å²) >= 11 is 3.76. The summed E-state index contributed by atoms with van der Waals surface area (Å²) in [5.41, 5.74) is 2.83. The van der Waals surface area contributed by atoms with Gasteiger partial charge in [0.1, 0.15) is 5.69 Å². The zero-order valence-corrected chi connectivity index (χ0v) is 22.2. The van der Waals surface area contributed by atoms with Crippen molar-refractivity contribution in [1.29, 1.82) is 0 Å². The van der Waals surface area contributed by atoms with E-state index in [0.717, 1.165) is 53.5 Å². The zero-order valence-electron chi connectivity index (χ0n) is 20.6. The first kappa shape index (κ1) is 27.1. The van der Waals surface area contributed by atoms with E-state index in [-0.39, 0.29) is 0 Å². The molecule has 2 aromatic rings. The van der Waals surface area contributed by atoms with E-state index in [1.165, 1.54) is 25.3 Å². The number of unbranched alkanes of at least 4 members (excludes halogenated alkanes) is 5. The summed E-state index contributed by atoms with van der Waals surface area (Å²) < 4.78 is 2.68. The van der Waals surface area contributed by atoms with E-state index in [1.54, 1.807) is 4.57 Å². The van der Waals surface area contributed by atoms with Crippen LogP contribution in [0.1, 0.15) is 67.8 Å². The number of aromatic amines is 1. The van der Waals surface area contributed by atoms with Crippen LogP contribution in [-0.4, -0.2) is 47.5 Å². The van der Waals surface area contributed by atoms with Crippen molar-refractivity contribution in [2.24, 2.45) is 0 Å². The van der Waals surface area contributed by atoms with Gasteiger partial charge in [-0.25, -0.2) is 4.79 Å². The number of benzene rings is 1. The van der Waals surface area contributed by atoms with Gasteiger partial charge in [-0.3, -0.25) is 14.3 Å². The summed E-state index contributed by atoms with van der Waals surface area (Å²) in [5.74, 6) is 6.31. The summed E-state index contributed by atoms with van der Waals surface area (Å²) in [7, 11) is 8.14. The minimum absolute atomic E-state index is 0.391. The van der Waals surface area contributed by atoms with E-state index >= 15 is 0 Å². The third kappa shape index (κ3) is 8.96. The molecule has 0 bridgehead atoms. The number of rotatable bonds is 11. The number of nitrogens with zero attached hydrogens (tertiary/aromatic N) is 3. The predicted molar refractivity (Wildman–Crippen MR) is 140 cm³/mol. The number of hydrogen-bond acceptors (Lipinski definition) is 4. The smallest absolute Gasteiger partial charge is 0.305 e. The van der Waals surface area contributed by atoms with Gasteiger partial charge in [0.2, 0.25) is 0 Å². The van der Waals surface area contributed by atoms with Gasteiger partial charge in [0.05, 0.1) is 0 Å². The molecule has 0 aliphatic rings. The third-order valence-corrected chi connectivity index (χ3v) is 6.32. The number of H-pyrrole nitrogens is 1. The molecule has 180 valence electrons. The Morgan fingerprint density at radius 2 is 1.45 bits per heavy atom. The molecule has 1 heterocycles. The SMILES string of the molecule is CCCCCCCCn1c(C#Cc2cc(CN(C)C)c(Br)c(CN(C)C)c2)cc(=O)[nH]c1=O. The Labute approximate surface area is 206 Å². The van der Waals surface area contributed by atoms with Crippen LogP contribution in [0, 0.1) is 11.8 Å². The van der Waals surface area contributed by atoms with E-state index in [4.69, 9.17) is 0 Å². The lowest BCUT2D eigenvalue weighted by atomic mass is 10.0. The minimum atomic E-state index is -0.416. The van der Waals surface area contributed by atoms with Crippen molar-refractivity contribution < 1.29 is 0 Å². The highest BCUT2D eigenvalue weighted by Crippen LogP contribution is 2.26. The van der Waals surface area contributed by atoms with E-state index in [1.807, 2.05) is 28.2 Å². The second kappa shape index (κ2) is 13.5. The molecule has 0 saturated heterocycles. The number of aromatic nitrogens is 2. The summed E-state index contributed by atoms with van der Waals surface area (Å²) in [4.78, 5) is 31.0. The Kier molecular flexibility index (Phi) is 11.1. The van der Waals surface area contributed by atoms with Crippen molar-refractivity contribution in [3.8, 4) is 11.8 Å². The van der Waals surface area contributed by atoms with Crippen molar-refractivity contribution in [1.82, 2.24) is 19.4 Å². The molecule has 1 N–H and O–H groups in total. The van der Waals surface area contributed by atoms with Crippen LogP contribution in [0.2, 0.25) is 0 Å². The average molecular weight is 518 g/mol. The fourth-order valence-corrected chi connectivity index (χ4v) is 4.25. The molecule has 0 aliphatic heterocycles. The second-order valence-corrected chi connectivity index (χ2v) is 9.87. The maximum Gasteiger partial charge on any atom is 0.329 e. The molecule has 1 aromatic carbocycles. The summed E-state index contributed by atoms with van der Waals surface area (Å²) in [5, 5.41) is 0. The molecular formula is C26H37BrN4O2. The molecule has 6 nitrogen and oxygen atoms in total. The van der Waals surface area contributed by atoms with Crippen LogP contribution in [0.3, 0.4) is 0 Å². The predicted octanol–water partition coefficient (Wildman–Crippen LogP) is 4.18. The normalized spacial score (nSPS) is 11.2. The maximum absolute atomic E-state index is 12.5. The quantitative estimate of drug-likeness (QED) is 0.359. The van der Waals surface area contributed by atoms with Gasteiger partial charge in [0.15, 0.2) is 0 Å². The highest BCUT2D eigenvalue weighted by molar-refractivity contribution is 9.10. The summed E-state index contributed by atoms with van der Waals surface area (Å²) in [6.45, 7) is 4.32. The van der Waals surface area contributed by atoms with Gasteiger partial charge in [-0.2, -0.15) is 0 Å². The molecule has 0 spiro atoms. The van der Waals surface area contributed by atoms with Crippen LogP contribution in [0.25, 0.3) is 0 Å². The second-order valence-electron chi connectivity index (χ2n) is 9.08. The van der Waals surface area contributed by atoms with E-state index in [0.29, 0.717) is 12.2 Å². The van der Waals surface area contributed by atoms with Crippen LogP contribution < -0.4 is 11.2 Å². The fraction of sp³-hybridized carbons (Fsp3) is 0.538. The Morgan fingerprint density at radius 1 is 0.879 bits per heavy atom. The van der Waals surface area contributed by atoms with Gasteiger partial charge in [-0.05, 0) is 63.8 Å². The topological polar surface area (TPSA) is 61.3 Å². The average Bonchev–Trinajstić information content (AvgIpc) is 2.72. The standard InChI is InChI=1S/C26H37BrN4O2/c1-6-7-8-9-10-11-14-31-23(17-24(32)28-26(31)33)13-12-20-15-21(18-29(2)3)25(27)22(16-20)19-30(4)5/h15-17H,6-11,14,18-19H2,1-5H3,(H,28,32,33). The molecular weight excluding hydrogens is 480 g/mol. The lowest BCUT2D eigenvalue weighted by molar-refractivity contribution is 0.394. The molecule has 0 unspecified atom stereocenters. The molecule has 0 radical (unpaired) electrons. The summed E-state index contributed by atoms with van der Waals surface area (Å²) in [6.07, 6.45) is 6.79. The van der Waals surface area contributed by atoms with Crippen LogP contribution in [-0.2, 0) is 19.6 Å². The van der Waals surface area contributed by atoms with Gasteiger partial charge in [-0.1, -0.05) is 60.9 Å². The number of hydrogen-bond donors (Lipinski definition) is 1. The largest absolute Gasteiger partial charge is 0.329 e. The molecule has 0 amide bonds. The first-order valence-electron chi connectivity index (χ1n) is 11.7. The fourth-order valence-electron chi connectivity index (χ4n) is 3.77. The Hall–Kier alpha value is -2.14. The van der Waals surface area contributed by atoms with Crippen LogP contribution in [0.5, 0.6) is 0 Å². The molecule has 1 aromatic heterocycles. The van der Waals surface area contributed by atoms with E-state index in [2.05, 4.69) is 61.6 Å². The maximum atomic E-state index is 12.5. The monoisotopic (exact) mass is 516 g/mol. The van der Waals surface area contributed by atoms with Crippen LogP contribution in [0.15, 0.2) is 32.3 Å². The van der Waals surface area contributed by atoms with E-state index in [9.17, 15) is 9.59 Å². The molecule has 0 aliphatic carbocycles. The van der Waals surface area contributed by atoms with E-state index < -0.39 is 11.2 Å². The lowest BCUT2D eigenvalue weighted by Gasteiger charge is -2.17. The first-order valence-corrected chi connectivity index (χ1v) is 12.5. The Balaban J connectivity index is 2.35. The summed E-state index contributed by atoms with van der Waals surface area (Å²) in [6, 6.07) is 5.56. The van der Waals surface area contributed by atoms with Gasteiger partial charge in [-0.15, -0.1) is 0 Å². The molecule has 0 atom stereocenters. The highest BCUT2D eigenvalue weighted by Gasteiger charge is 2.10. The van der Waals surface area contributed by atoms with Crippen molar-refractivity contribution >= 4 is 15.9 Å². The van der Waals surface area contributed by atoms with Crippen molar-refractivity contribution in [3.63, 3.8) is 0 Å². The number of halogens is 1. The molecule has 0 fully saturated rings. The van der Waals surface area contributed by atoms with Gasteiger partial charge < -0.3 is 9.80 Å². The van der Waals surface area contributed by atoms with Crippen molar-refractivity contribution in [3.05, 3.63) is 65.9 Å². The van der Waals surface area contributed by atoms with Gasteiger partial charge >= 0.3 is 5.69 Å². The molecule has 7 heteroatoms.